The van der Waals surface area contributed by atoms with Crippen LogP contribution < -0.4 is 5.32 Å². The molecule has 0 radical (unpaired) electrons. The quantitative estimate of drug-likeness (QED) is 0.201. The Morgan fingerprint density at radius 1 is 1.14 bits per heavy atom. The van der Waals surface area contributed by atoms with Crippen molar-refractivity contribution >= 4 is 39.0 Å². The number of anilines is 1. The number of imidazole rings is 1. The van der Waals surface area contributed by atoms with Gasteiger partial charge in [-0.3, -0.25) is 15.1 Å². The Morgan fingerprint density at radius 3 is 2.89 bits per heavy atom. The van der Waals surface area contributed by atoms with Crippen molar-refractivity contribution in [2.45, 2.75) is 26.0 Å². The minimum Gasteiger partial charge on any atom is -0.374 e. The van der Waals surface area contributed by atoms with Gasteiger partial charge in [-0.25, -0.2) is 9.37 Å². The second-order valence-corrected chi connectivity index (χ2v) is 9.40. The number of pyridine rings is 2. The van der Waals surface area contributed by atoms with Gasteiger partial charge in [-0.2, -0.15) is 5.10 Å². The molecule has 0 saturated heterocycles. The molecular weight excluding hydrogens is 477 g/mol. The van der Waals surface area contributed by atoms with Crippen molar-refractivity contribution in [3.05, 3.63) is 66.2 Å². The molecule has 0 saturated carbocycles. The number of halogens is 1. The molecule has 10 heteroatoms. The van der Waals surface area contributed by atoms with Crippen molar-refractivity contribution in [1.82, 2.24) is 30.1 Å². The fraction of sp³-hybridized carbons (Fsp3) is 0.154. The van der Waals surface area contributed by atoms with Crippen molar-refractivity contribution in [3.63, 3.8) is 0 Å². The molecule has 0 aliphatic rings. The number of fused-ring (bicyclic) bond motifs is 2. The van der Waals surface area contributed by atoms with E-state index in [1.54, 1.807) is 48.1 Å². The number of rotatable bonds is 7. The molecule has 36 heavy (non-hydrogen) atoms. The highest BCUT2D eigenvalue weighted by Crippen LogP contribution is 2.36. The Morgan fingerprint density at radius 2 is 2.06 bits per heavy atom. The van der Waals surface area contributed by atoms with E-state index < -0.39 is 12.0 Å². The second-order valence-electron chi connectivity index (χ2n) is 8.45. The highest BCUT2D eigenvalue weighted by molar-refractivity contribution is 7.13. The summed E-state index contributed by atoms with van der Waals surface area (Å²) < 4.78 is 16.0. The Kier molecular flexibility index (Phi) is 5.67. The summed E-state index contributed by atoms with van der Waals surface area (Å²) in [4.78, 5) is 17.8. The monoisotopic (exact) mass is 499 g/mol. The van der Waals surface area contributed by atoms with Crippen LogP contribution in [0.4, 0.5) is 10.1 Å². The molecule has 0 spiro atoms. The van der Waals surface area contributed by atoms with Gasteiger partial charge in [0.05, 0.1) is 33.2 Å². The maximum absolute atomic E-state index is 16.0. The minimum absolute atomic E-state index is 0.335. The summed E-state index contributed by atoms with van der Waals surface area (Å²) in [5.41, 5.74) is 4.80. The van der Waals surface area contributed by atoms with Gasteiger partial charge in [0.1, 0.15) is 28.9 Å². The lowest BCUT2D eigenvalue weighted by atomic mass is 10.0. The van der Waals surface area contributed by atoms with E-state index in [1.807, 2.05) is 30.5 Å². The summed E-state index contributed by atoms with van der Waals surface area (Å²) in [5, 5.41) is 22.7. The van der Waals surface area contributed by atoms with Crippen LogP contribution in [0.1, 0.15) is 19.8 Å². The van der Waals surface area contributed by atoms with Gasteiger partial charge in [0.2, 0.25) is 0 Å². The molecular formula is C26H22FN7OS. The molecule has 5 heterocycles. The normalized spacial score (nSPS) is 12.4. The molecule has 0 aliphatic carbocycles. The van der Waals surface area contributed by atoms with Gasteiger partial charge < -0.3 is 15.4 Å². The first-order valence-corrected chi connectivity index (χ1v) is 12.5. The number of aromatic nitrogens is 6. The summed E-state index contributed by atoms with van der Waals surface area (Å²) in [7, 11) is 0. The van der Waals surface area contributed by atoms with Gasteiger partial charge in [0.25, 0.3) is 0 Å². The zero-order chi connectivity index (χ0) is 24.6. The summed E-state index contributed by atoms with van der Waals surface area (Å²) in [6.07, 6.45) is 5.68. The highest BCUT2D eigenvalue weighted by Gasteiger charge is 2.21. The molecule has 6 aromatic rings. The van der Waals surface area contributed by atoms with Gasteiger partial charge in [0, 0.05) is 23.5 Å². The van der Waals surface area contributed by atoms with Gasteiger partial charge in [-0.15, -0.1) is 11.3 Å². The SMILES string of the molecule is CCCC(O)Nc1cncc(-c2ccc3[nH]nc(-c4nc5c(-c6cccs6)nccc5[nH]4)c3c2F)c1. The molecule has 1 unspecified atom stereocenters. The molecule has 0 aliphatic heterocycles. The number of hydrogen-bond donors (Lipinski definition) is 4. The van der Waals surface area contributed by atoms with Crippen LogP contribution in [0, 0.1) is 5.82 Å². The van der Waals surface area contributed by atoms with Crippen molar-refractivity contribution in [1.29, 1.82) is 0 Å². The molecule has 1 atom stereocenters. The van der Waals surface area contributed by atoms with Crippen molar-refractivity contribution in [2.75, 3.05) is 5.32 Å². The zero-order valence-electron chi connectivity index (χ0n) is 19.3. The van der Waals surface area contributed by atoms with E-state index in [4.69, 9.17) is 4.98 Å². The van der Waals surface area contributed by atoms with Crippen LogP contribution in [0.2, 0.25) is 0 Å². The zero-order valence-corrected chi connectivity index (χ0v) is 20.1. The number of nitrogens with one attached hydrogen (secondary N) is 3. The van der Waals surface area contributed by atoms with Crippen LogP contribution in [0.25, 0.3) is 55.2 Å². The molecule has 1 aromatic carbocycles. The van der Waals surface area contributed by atoms with Crippen LogP contribution in [0.3, 0.4) is 0 Å². The average molecular weight is 500 g/mol. The summed E-state index contributed by atoms with van der Waals surface area (Å²) in [6, 6.07) is 11.1. The topological polar surface area (TPSA) is 115 Å². The fourth-order valence-corrected chi connectivity index (χ4v) is 5.03. The largest absolute Gasteiger partial charge is 0.374 e. The molecule has 0 fully saturated rings. The van der Waals surface area contributed by atoms with Crippen LogP contribution in [0.15, 0.2) is 60.4 Å². The van der Waals surface area contributed by atoms with Gasteiger partial charge in [-0.05, 0) is 42.1 Å². The number of H-pyrrole nitrogens is 2. The van der Waals surface area contributed by atoms with Gasteiger partial charge in [-0.1, -0.05) is 19.4 Å². The smallest absolute Gasteiger partial charge is 0.159 e. The Bertz CT molecular complexity index is 1680. The lowest BCUT2D eigenvalue weighted by Gasteiger charge is -2.14. The number of hydrogen-bond acceptors (Lipinski definition) is 7. The first-order valence-electron chi connectivity index (χ1n) is 11.6. The minimum atomic E-state index is -0.693. The van der Waals surface area contributed by atoms with E-state index >= 15 is 4.39 Å². The Labute approximate surface area is 209 Å². The third kappa shape index (κ3) is 3.90. The van der Waals surface area contributed by atoms with Crippen molar-refractivity contribution in [2.24, 2.45) is 0 Å². The number of aliphatic hydroxyl groups is 1. The van der Waals surface area contributed by atoms with Crippen LogP contribution in [-0.4, -0.2) is 41.5 Å². The van der Waals surface area contributed by atoms with E-state index in [9.17, 15) is 5.11 Å². The van der Waals surface area contributed by atoms with Crippen molar-refractivity contribution < 1.29 is 9.50 Å². The molecule has 180 valence electrons. The molecule has 6 rings (SSSR count). The summed E-state index contributed by atoms with van der Waals surface area (Å²) in [5.74, 6) is 0.0238. The van der Waals surface area contributed by atoms with Crippen molar-refractivity contribution in [3.8, 4) is 33.2 Å². The third-order valence-electron chi connectivity index (χ3n) is 5.99. The molecule has 0 amide bonds. The van der Waals surface area contributed by atoms with E-state index in [-0.39, 0.29) is 0 Å². The maximum Gasteiger partial charge on any atom is 0.159 e. The standard InChI is InChI=1S/C26H22FN7OS/c1-2-4-20(35)30-15-11-14(12-28-13-15)16-6-7-17-21(22(16)27)25(34-33-17)26-31-18-8-9-29-24(23(18)32-26)19-5-3-10-36-19/h3,5-13,20,30,35H,2,4H2,1H3,(H,31,32)(H,33,34). The molecule has 0 bridgehead atoms. The predicted octanol–water partition coefficient (Wildman–Crippen LogP) is 5.96. The number of thiophene rings is 1. The third-order valence-corrected chi connectivity index (χ3v) is 6.87. The van der Waals surface area contributed by atoms with Gasteiger partial charge >= 0.3 is 0 Å². The number of benzene rings is 1. The van der Waals surface area contributed by atoms with E-state index in [0.717, 1.165) is 22.5 Å². The number of aromatic amines is 2. The van der Waals surface area contributed by atoms with Gasteiger partial charge in [0.15, 0.2) is 5.82 Å². The second kappa shape index (κ2) is 9.14. The molecule has 8 nitrogen and oxygen atoms in total. The molecule has 4 N–H and O–H groups in total. The number of nitrogens with zero attached hydrogens (tertiary/aromatic N) is 4. The lowest BCUT2D eigenvalue weighted by Crippen LogP contribution is -2.18. The van der Waals surface area contributed by atoms with Crippen LogP contribution in [0.5, 0.6) is 0 Å². The Hall–Kier alpha value is -4.15. The highest BCUT2D eigenvalue weighted by atomic mass is 32.1. The fourth-order valence-electron chi connectivity index (χ4n) is 4.31. The summed E-state index contributed by atoms with van der Waals surface area (Å²) in [6.45, 7) is 1.99. The van der Waals surface area contributed by atoms with E-state index in [2.05, 4.69) is 30.5 Å². The predicted molar refractivity (Wildman–Crippen MR) is 140 cm³/mol. The summed E-state index contributed by atoms with van der Waals surface area (Å²) >= 11 is 1.58. The maximum atomic E-state index is 16.0. The first-order chi connectivity index (χ1) is 17.6. The first kappa shape index (κ1) is 22.3. The van der Waals surface area contributed by atoms with Crippen LogP contribution in [-0.2, 0) is 0 Å². The van der Waals surface area contributed by atoms with E-state index in [1.165, 1.54) is 0 Å². The average Bonchev–Trinajstić information content (AvgIpc) is 3.63. The lowest BCUT2D eigenvalue weighted by molar-refractivity contribution is 0.192. The number of aliphatic hydroxyl groups excluding tert-OH is 1. The van der Waals surface area contributed by atoms with E-state index in [0.29, 0.717) is 51.2 Å². The molecule has 5 aromatic heterocycles. The Balaban J connectivity index is 1.44. The van der Waals surface area contributed by atoms with Crippen LogP contribution >= 0.6 is 11.3 Å².